The molecule has 0 aliphatic heterocycles. The van der Waals surface area contributed by atoms with Crippen molar-refractivity contribution in [1.29, 1.82) is 0 Å². The van der Waals surface area contributed by atoms with Crippen molar-refractivity contribution in [2.45, 2.75) is 100 Å². The molecule has 12 radical (unpaired) electrons. The molecule has 0 nitrogen and oxygen atoms in total. The van der Waals surface area contributed by atoms with E-state index in [0.29, 0.717) is 23.6 Å². The Kier molecular flexibility index (Phi) is 5.35. The van der Waals surface area contributed by atoms with Gasteiger partial charge in [0.05, 0.1) is 47.1 Å². The monoisotopic (exact) mass is 386 g/mol. The average Bonchev–Trinajstić information content (AvgIpc) is 2.72. The van der Waals surface area contributed by atoms with Crippen LogP contribution in [-0.4, -0.2) is 47.1 Å². The smallest absolute Gasteiger partial charge is 0.0759 e. The van der Waals surface area contributed by atoms with Gasteiger partial charge in [-0.25, -0.2) is 0 Å². The molecule has 0 amide bonds. The minimum atomic E-state index is -0.262. The zero-order valence-corrected chi connectivity index (χ0v) is 18.9. The fourth-order valence-corrected chi connectivity index (χ4v) is 9.21. The third-order valence-electron chi connectivity index (χ3n) is 10.9. The normalized spacial score (nSPS) is 58.2. The maximum Gasteiger partial charge on any atom is 0.0759 e. The van der Waals surface area contributed by atoms with Gasteiger partial charge in [-0.3, -0.25) is 0 Å². The first kappa shape index (κ1) is 21.9. The van der Waals surface area contributed by atoms with Crippen LogP contribution in [0.1, 0.15) is 65.2 Å². The molecule has 30 heavy (non-hydrogen) atoms. The number of hydrogen-bond acceptors (Lipinski definition) is 0. The van der Waals surface area contributed by atoms with Gasteiger partial charge >= 0.3 is 0 Å². The third kappa shape index (κ3) is 2.79. The van der Waals surface area contributed by atoms with Crippen molar-refractivity contribution < 1.29 is 0 Å². The van der Waals surface area contributed by atoms with Gasteiger partial charge in [-0.05, 0) is 60.2 Å². The molecule has 0 N–H and O–H groups in total. The van der Waals surface area contributed by atoms with Crippen molar-refractivity contribution in [2.75, 3.05) is 0 Å². The summed E-state index contributed by atoms with van der Waals surface area (Å²) in [6.07, 6.45) is 9.27. The molecule has 0 saturated heterocycles. The molecule has 0 aromatic rings. The highest BCUT2D eigenvalue weighted by atomic mass is 14.7. The minimum absolute atomic E-state index is 0.0898. The quantitative estimate of drug-likeness (QED) is 0.419. The fourth-order valence-electron chi connectivity index (χ4n) is 9.21. The highest BCUT2D eigenvalue weighted by Crippen LogP contribution is 2.74. The van der Waals surface area contributed by atoms with Crippen molar-refractivity contribution in [1.82, 2.24) is 0 Å². The van der Waals surface area contributed by atoms with Gasteiger partial charge in [-0.2, -0.15) is 0 Å². The summed E-state index contributed by atoms with van der Waals surface area (Å²) in [5, 5.41) is 0. The molecule has 0 bridgehead atoms. The van der Waals surface area contributed by atoms with E-state index >= 15 is 0 Å². The number of allylic oxidation sites excluding steroid dienone is 2. The van der Waals surface area contributed by atoms with E-state index in [2.05, 4.69) is 13.8 Å². The van der Waals surface area contributed by atoms with E-state index in [1.54, 1.807) is 11.1 Å². The molecule has 0 spiro atoms. The van der Waals surface area contributed by atoms with Crippen molar-refractivity contribution >= 4 is 47.1 Å². The predicted molar refractivity (Wildman–Crippen MR) is 131 cm³/mol. The van der Waals surface area contributed by atoms with Gasteiger partial charge in [-0.15, -0.1) is 0 Å². The molecule has 6 heteroatoms. The molecule has 146 valence electrons. The van der Waals surface area contributed by atoms with Crippen LogP contribution in [0.4, 0.5) is 0 Å². The molecular formula is C24H32B6. The maximum absolute atomic E-state index is 7.00. The highest BCUT2D eigenvalue weighted by Gasteiger charge is 2.62. The summed E-state index contributed by atoms with van der Waals surface area (Å²) in [5.41, 5.74) is 3.25. The first-order valence-electron chi connectivity index (χ1n) is 12.4. The number of fused-ring (bicyclic) bond motifs is 6. The highest BCUT2D eigenvalue weighted by molar-refractivity contribution is 6.30. The van der Waals surface area contributed by atoms with Crippen LogP contribution < -0.4 is 0 Å². The summed E-state index contributed by atoms with van der Waals surface area (Å²) in [6, 6.07) is 0. The summed E-state index contributed by atoms with van der Waals surface area (Å²) >= 11 is 0. The molecule has 12 unspecified atom stereocenters. The van der Waals surface area contributed by atoms with Crippen LogP contribution >= 0.6 is 0 Å². The minimum Gasteiger partial charge on any atom is -0.0872 e. The van der Waals surface area contributed by atoms with Gasteiger partial charge in [0.1, 0.15) is 0 Å². The van der Waals surface area contributed by atoms with Gasteiger partial charge in [-0.1, -0.05) is 85.6 Å². The van der Waals surface area contributed by atoms with Crippen LogP contribution in [0.3, 0.4) is 0 Å². The van der Waals surface area contributed by atoms with Gasteiger partial charge in [0.2, 0.25) is 0 Å². The second-order valence-electron chi connectivity index (χ2n) is 12.0. The molecule has 0 aromatic carbocycles. The van der Waals surface area contributed by atoms with Crippen LogP contribution in [0.25, 0.3) is 0 Å². The molecule has 3 fully saturated rings. The Hall–Kier alpha value is 0.130. The second-order valence-corrected chi connectivity index (χ2v) is 12.0. The van der Waals surface area contributed by atoms with Crippen LogP contribution in [-0.2, 0) is 0 Å². The van der Waals surface area contributed by atoms with Crippen LogP contribution in [0, 0.1) is 34.5 Å². The number of hydrogen-bond donors (Lipinski definition) is 0. The lowest BCUT2D eigenvalue weighted by molar-refractivity contribution is -0.0753. The molecule has 5 rings (SSSR count). The Balaban J connectivity index is 1.58. The van der Waals surface area contributed by atoms with Gasteiger partial charge in [0.25, 0.3) is 0 Å². The Labute approximate surface area is 192 Å². The SMILES string of the molecule is [B]C1CCC2CCC3=C(C([B])CC4C3(C)CCC3C([B])C([B])C([B])C([B])C34C)C2C1. The first-order chi connectivity index (χ1) is 14.1. The summed E-state index contributed by atoms with van der Waals surface area (Å²) < 4.78 is 0. The number of rotatable bonds is 0. The zero-order chi connectivity index (χ0) is 21.6. The third-order valence-corrected chi connectivity index (χ3v) is 10.9. The molecular weight excluding hydrogens is 353 g/mol. The van der Waals surface area contributed by atoms with Crippen molar-refractivity contribution in [3.63, 3.8) is 0 Å². The molecule has 12 atom stereocenters. The standard InChI is InChI=1S/C24H32B6/c1-23-8-7-15-19(27)20(28)21(29)22(30)24(15,2)17(23)10-16(26)18-13-9-12(25)5-3-11(13)4-6-14(18)23/h11-13,15-17,19-22H,3-10H2,1-2H3. The van der Waals surface area contributed by atoms with Gasteiger partial charge in [0, 0.05) is 0 Å². The first-order valence-corrected chi connectivity index (χ1v) is 12.4. The lowest BCUT2D eigenvalue weighted by Gasteiger charge is -2.69. The van der Waals surface area contributed by atoms with Crippen LogP contribution in [0.5, 0.6) is 0 Å². The average molecular weight is 385 g/mol. The van der Waals surface area contributed by atoms with Gasteiger partial charge in [0.15, 0.2) is 0 Å². The van der Waals surface area contributed by atoms with Crippen molar-refractivity contribution in [2.24, 2.45) is 34.5 Å². The van der Waals surface area contributed by atoms with E-state index in [1.165, 1.54) is 25.7 Å². The largest absolute Gasteiger partial charge is 0.0872 e. The molecule has 0 aromatic heterocycles. The van der Waals surface area contributed by atoms with E-state index in [1.807, 2.05) is 0 Å². The second kappa shape index (κ2) is 7.32. The van der Waals surface area contributed by atoms with Gasteiger partial charge < -0.3 is 0 Å². The Morgan fingerprint density at radius 2 is 1.53 bits per heavy atom. The summed E-state index contributed by atoms with van der Waals surface area (Å²) in [4.78, 5) is 0. The summed E-state index contributed by atoms with van der Waals surface area (Å²) in [7, 11) is 40.0. The topological polar surface area (TPSA) is 0 Å². The molecule has 5 aliphatic carbocycles. The summed E-state index contributed by atoms with van der Waals surface area (Å²) in [6.45, 7) is 4.86. The molecule has 0 heterocycles. The molecule has 5 aliphatic rings. The van der Waals surface area contributed by atoms with Crippen LogP contribution in [0.2, 0.25) is 34.9 Å². The van der Waals surface area contributed by atoms with Crippen molar-refractivity contribution in [3.8, 4) is 0 Å². The van der Waals surface area contributed by atoms with Crippen LogP contribution in [0.15, 0.2) is 11.1 Å². The Morgan fingerprint density at radius 3 is 2.27 bits per heavy atom. The summed E-state index contributed by atoms with van der Waals surface area (Å²) in [5.74, 6) is 1.81. The Morgan fingerprint density at radius 1 is 0.800 bits per heavy atom. The lowest BCUT2D eigenvalue weighted by atomic mass is 9.28. The van der Waals surface area contributed by atoms with E-state index in [4.69, 9.17) is 47.1 Å². The van der Waals surface area contributed by atoms with E-state index in [9.17, 15) is 0 Å². The Bertz CT molecular complexity index is 737. The van der Waals surface area contributed by atoms with E-state index in [0.717, 1.165) is 31.6 Å². The zero-order valence-electron chi connectivity index (χ0n) is 18.9. The van der Waals surface area contributed by atoms with Crippen molar-refractivity contribution in [3.05, 3.63) is 11.1 Å². The van der Waals surface area contributed by atoms with E-state index in [-0.39, 0.29) is 39.9 Å². The lowest BCUT2D eigenvalue weighted by Crippen LogP contribution is -2.58. The fraction of sp³-hybridized carbons (Fsp3) is 0.917. The maximum atomic E-state index is 7.00. The molecule has 3 saturated carbocycles. The van der Waals surface area contributed by atoms with E-state index < -0.39 is 0 Å². The predicted octanol–water partition coefficient (Wildman–Crippen LogP) is 4.69.